The van der Waals surface area contributed by atoms with Gasteiger partial charge in [0, 0.05) is 5.30 Å². The fourth-order valence-electron chi connectivity index (χ4n) is 1.60. The van der Waals surface area contributed by atoms with Crippen LogP contribution < -0.4 is 5.30 Å². The third-order valence-corrected chi connectivity index (χ3v) is 4.85. The number of hydrogen-bond donors (Lipinski definition) is 1. The van der Waals surface area contributed by atoms with Crippen molar-refractivity contribution in [1.82, 2.24) is 0 Å². The summed E-state index contributed by atoms with van der Waals surface area (Å²) < 4.78 is 5.25. The minimum absolute atomic E-state index is 0.431. The fraction of sp³-hybridized carbons (Fsp3) is 0.167. The lowest BCUT2D eigenvalue weighted by atomic mass is 10.1. The van der Waals surface area contributed by atoms with Crippen LogP contribution >= 0.6 is 6.49 Å². The molecule has 1 N–H and O–H groups in total. The third-order valence-electron chi connectivity index (χ3n) is 2.36. The zero-order chi connectivity index (χ0) is 11.6. The molecule has 0 aromatic heterocycles. The highest BCUT2D eigenvalue weighted by atomic mass is 32.5. The van der Waals surface area contributed by atoms with E-state index in [0.29, 0.717) is 11.9 Å². The van der Waals surface area contributed by atoms with E-state index in [1.165, 1.54) is 0 Å². The molecule has 0 saturated heterocycles. The van der Waals surface area contributed by atoms with E-state index in [-0.39, 0.29) is 0 Å². The average molecular weight is 252 g/mol. The van der Waals surface area contributed by atoms with E-state index < -0.39 is 6.49 Å². The third kappa shape index (κ3) is 2.33. The van der Waals surface area contributed by atoms with Crippen molar-refractivity contribution in [3.63, 3.8) is 0 Å². The van der Waals surface area contributed by atoms with Crippen molar-refractivity contribution in [2.45, 2.75) is 6.92 Å². The average Bonchev–Trinajstić information content (AvgIpc) is 2.28. The standard InChI is InChI=1S/C12H13O2PS/c1-2-14-15(13,16)12-8-7-10-5-3-4-6-11(10)9-12/h3-9H,2H2,1H3,(H,13,16). The van der Waals surface area contributed by atoms with E-state index in [0.717, 1.165) is 10.8 Å². The molecule has 4 heteroatoms. The van der Waals surface area contributed by atoms with Crippen molar-refractivity contribution in [2.24, 2.45) is 0 Å². The first-order valence-corrected chi connectivity index (χ1v) is 7.77. The molecule has 0 saturated carbocycles. The van der Waals surface area contributed by atoms with Gasteiger partial charge in [-0.1, -0.05) is 30.3 Å². The molecule has 2 aromatic rings. The smallest absolute Gasteiger partial charge is 0.216 e. The second kappa shape index (κ2) is 4.64. The summed E-state index contributed by atoms with van der Waals surface area (Å²) in [6.07, 6.45) is 0. The van der Waals surface area contributed by atoms with E-state index in [1.807, 2.05) is 49.4 Å². The molecule has 0 amide bonds. The van der Waals surface area contributed by atoms with E-state index in [9.17, 15) is 4.89 Å². The van der Waals surface area contributed by atoms with Crippen molar-refractivity contribution in [2.75, 3.05) is 6.61 Å². The Hall–Kier alpha value is -0.730. The molecule has 0 radical (unpaired) electrons. The Morgan fingerprint density at radius 1 is 1.19 bits per heavy atom. The summed E-state index contributed by atoms with van der Waals surface area (Å²) in [6, 6.07) is 13.7. The highest BCUT2D eigenvalue weighted by molar-refractivity contribution is 8.13. The lowest BCUT2D eigenvalue weighted by Gasteiger charge is -2.15. The van der Waals surface area contributed by atoms with Crippen LogP contribution in [-0.4, -0.2) is 11.5 Å². The molecule has 0 aliphatic rings. The van der Waals surface area contributed by atoms with E-state index in [1.54, 1.807) is 0 Å². The Balaban J connectivity index is 2.51. The molecular weight excluding hydrogens is 239 g/mol. The molecule has 2 aromatic carbocycles. The fourth-order valence-corrected chi connectivity index (χ4v) is 3.32. The minimum atomic E-state index is -2.82. The number of benzene rings is 2. The van der Waals surface area contributed by atoms with Crippen LogP contribution in [0, 0.1) is 0 Å². The quantitative estimate of drug-likeness (QED) is 0.852. The first-order chi connectivity index (χ1) is 7.63. The molecule has 2 nitrogen and oxygen atoms in total. The first kappa shape index (κ1) is 11.7. The minimum Gasteiger partial charge on any atom is -0.342 e. The van der Waals surface area contributed by atoms with Crippen molar-refractivity contribution in [3.8, 4) is 0 Å². The summed E-state index contributed by atoms with van der Waals surface area (Å²) in [7, 11) is 0. The topological polar surface area (TPSA) is 29.5 Å². The summed E-state index contributed by atoms with van der Waals surface area (Å²) in [5.41, 5.74) is 0. The molecular formula is C12H13O2PS. The summed E-state index contributed by atoms with van der Waals surface area (Å²) in [6.45, 7) is -0.553. The molecule has 0 fully saturated rings. The Kier molecular flexibility index (Phi) is 3.41. The van der Waals surface area contributed by atoms with Crippen LogP contribution in [0.4, 0.5) is 0 Å². The van der Waals surface area contributed by atoms with Crippen molar-refractivity contribution in [3.05, 3.63) is 42.5 Å². The summed E-state index contributed by atoms with van der Waals surface area (Å²) in [5.74, 6) is 0. The van der Waals surface area contributed by atoms with Crippen LogP contribution in [0.25, 0.3) is 10.8 Å². The Labute approximate surface area is 100 Å². The van der Waals surface area contributed by atoms with E-state index >= 15 is 0 Å². The van der Waals surface area contributed by atoms with Crippen molar-refractivity contribution < 1.29 is 9.42 Å². The molecule has 16 heavy (non-hydrogen) atoms. The van der Waals surface area contributed by atoms with Gasteiger partial charge >= 0.3 is 0 Å². The number of rotatable bonds is 3. The van der Waals surface area contributed by atoms with Gasteiger partial charge in [0.05, 0.1) is 6.61 Å². The van der Waals surface area contributed by atoms with Gasteiger partial charge in [-0.2, -0.15) is 0 Å². The molecule has 0 aliphatic carbocycles. The lowest BCUT2D eigenvalue weighted by molar-refractivity contribution is 0.335. The van der Waals surface area contributed by atoms with Gasteiger partial charge in [0.25, 0.3) is 0 Å². The van der Waals surface area contributed by atoms with Gasteiger partial charge in [-0.15, -0.1) is 0 Å². The van der Waals surface area contributed by atoms with Crippen LogP contribution in [0.15, 0.2) is 42.5 Å². The maximum atomic E-state index is 10.0. The molecule has 0 heterocycles. The van der Waals surface area contributed by atoms with E-state index in [2.05, 4.69) is 0 Å². The second-order valence-electron chi connectivity index (χ2n) is 3.47. The maximum absolute atomic E-state index is 10.0. The van der Waals surface area contributed by atoms with Crippen molar-refractivity contribution >= 4 is 34.4 Å². The maximum Gasteiger partial charge on any atom is 0.216 e. The highest BCUT2D eigenvalue weighted by Crippen LogP contribution is 2.41. The normalized spacial score (nSPS) is 14.9. The Morgan fingerprint density at radius 2 is 1.88 bits per heavy atom. The largest absolute Gasteiger partial charge is 0.342 e. The van der Waals surface area contributed by atoms with Gasteiger partial charge in [0.1, 0.15) is 0 Å². The SMILES string of the molecule is CCOP(O)(=S)c1ccc2ccccc2c1. The van der Waals surface area contributed by atoms with Gasteiger partial charge < -0.3 is 9.42 Å². The molecule has 1 unspecified atom stereocenters. The zero-order valence-corrected chi connectivity index (χ0v) is 10.7. The first-order valence-electron chi connectivity index (χ1n) is 5.10. The highest BCUT2D eigenvalue weighted by Gasteiger charge is 2.16. The van der Waals surface area contributed by atoms with Gasteiger partial charge in [0.15, 0.2) is 0 Å². The van der Waals surface area contributed by atoms with Crippen LogP contribution in [0.2, 0.25) is 0 Å². The van der Waals surface area contributed by atoms with Crippen LogP contribution in [0.5, 0.6) is 0 Å². The van der Waals surface area contributed by atoms with Crippen LogP contribution in [-0.2, 0) is 16.3 Å². The molecule has 84 valence electrons. The Morgan fingerprint density at radius 3 is 2.56 bits per heavy atom. The van der Waals surface area contributed by atoms with Gasteiger partial charge in [-0.05, 0) is 41.6 Å². The van der Waals surface area contributed by atoms with Gasteiger partial charge in [-0.25, -0.2) is 0 Å². The lowest BCUT2D eigenvalue weighted by Crippen LogP contribution is -2.06. The number of fused-ring (bicyclic) bond motifs is 1. The van der Waals surface area contributed by atoms with Gasteiger partial charge in [0.2, 0.25) is 6.49 Å². The molecule has 0 bridgehead atoms. The van der Waals surface area contributed by atoms with Crippen LogP contribution in [0.1, 0.15) is 6.92 Å². The molecule has 1 atom stereocenters. The molecule has 0 aliphatic heterocycles. The predicted molar refractivity (Wildman–Crippen MR) is 71.7 cm³/mol. The predicted octanol–water partition coefficient (Wildman–Crippen LogP) is 2.80. The van der Waals surface area contributed by atoms with Gasteiger partial charge in [-0.3, -0.25) is 0 Å². The summed E-state index contributed by atoms with van der Waals surface area (Å²) >= 11 is 5.12. The summed E-state index contributed by atoms with van der Waals surface area (Å²) in [5, 5.41) is 2.92. The second-order valence-corrected chi connectivity index (χ2v) is 6.77. The Bertz CT molecular complexity index is 553. The summed E-state index contributed by atoms with van der Waals surface area (Å²) in [4.78, 5) is 10.0. The monoisotopic (exact) mass is 252 g/mol. The number of hydrogen-bond acceptors (Lipinski definition) is 2. The zero-order valence-electron chi connectivity index (χ0n) is 8.96. The van der Waals surface area contributed by atoms with Crippen LogP contribution in [0.3, 0.4) is 0 Å². The van der Waals surface area contributed by atoms with E-state index in [4.69, 9.17) is 16.3 Å². The molecule has 0 spiro atoms. The van der Waals surface area contributed by atoms with Crippen molar-refractivity contribution in [1.29, 1.82) is 0 Å². The molecule has 2 rings (SSSR count).